The lowest BCUT2D eigenvalue weighted by molar-refractivity contribution is -0.0365. The zero-order valence-electron chi connectivity index (χ0n) is 9.47. The van der Waals surface area contributed by atoms with Crippen molar-refractivity contribution >= 4 is 16.2 Å². The Hall–Kier alpha value is -0.00506. The lowest BCUT2D eigenvalue weighted by Gasteiger charge is -2.18. The Morgan fingerprint density at radius 2 is 2.12 bits per heavy atom. The molecule has 3 N–H and O–H groups in total. The van der Waals surface area contributed by atoms with Crippen molar-refractivity contribution in [2.24, 2.45) is 0 Å². The molecule has 1 aliphatic rings. The second kappa shape index (κ2) is 7.43. The SMILES string of the molecule is [B]C1OC(/C=C/P(O)O)C(O)C1OCCOC. The summed E-state index contributed by atoms with van der Waals surface area (Å²) in [6.45, 7) is 0.702. The molecular formula is C9H16BO6P. The highest BCUT2D eigenvalue weighted by Gasteiger charge is 2.40. The number of aliphatic hydroxyl groups is 1. The molecule has 1 heterocycles. The Labute approximate surface area is 103 Å². The van der Waals surface area contributed by atoms with Gasteiger partial charge in [-0.3, -0.25) is 0 Å². The third-order valence-corrected chi connectivity index (χ3v) is 2.76. The third kappa shape index (κ3) is 4.64. The van der Waals surface area contributed by atoms with Gasteiger partial charge in [-0.25, -0.2) is 0 Å². The minimum absolute atomic E-state index is 0.304. The van der Waals surface area contributed by atoms with Crippen molar-refractivity contribution in [2.75, 3.05) is 20.3 Å². The summed E-state index contributed by atoms with van der Waals surface area (Å²) in [5.41, 5.74) is 0. The minimum Gasteiger partial charge on any atom is -0.387 e. The fourth-order valence-corrected chi connectivity index (χ4v) is 1.83. The van der Waals surface area contributed by atoms with E-state index < -0.39 is 32.7 Å². The summed E-state index contributed by atoms with van der Waals surface area (Å²) in [5.74, 6) is 1.16. The van der Waals surface area contributed by atoms with E-state index in [-0.39, 0.29) is 0 Å². The average molecular weight is 262 g/mol. The molecule has 4 unspecified atom stereocenters. The Morgan fingerprint density at radius 3 is 2.71 bits per heavy atom. The maximum absolute atomic E-state index is 9.85. The van der Waals surface area contributed by atoms with Crippen LogP contribution in [0.4, 0.5) is 0 Å². The largest absolute Gasteiger partial charge is 0.387 e. The van der Waals surface area contributed by atoms with Crippen molar-refractivity contribution in [3.8, 4) is 0 Å². The lowest BCUT2D eigenvalue weighted by Crippen LogP contribution is -2.35. The highest BCUT2D eigenvalue weighted by molar-refractivity contribution is 7.48. The first kappa shape index (κ1) is 15.1. The molecule has 0 amide bonds. The van der Waals surface area contributed by atoms with E-state index in [0.29, 0.717) is 13.2 Å². The molecule has 1 fully saturated rings. The molecule has 1 saturated heterocycles. The monoisotopic (exact) mass is 262 g/mol. The number of rotatable bonds is 6. The average Bonchev–Trinajstić information content (AvgIpc) is 2.53. The summed E-state index contributed by atoms with van der Waals surface area (Å²) >= 11 is 0. The topological polar surface area (TPSA) is 88.4 Å². The van der Waals surface area contributed by atoms with Crippen LogP contribution in [0.15, 0.2) is 11.9 Å². The number of aliphatic hydroxyl groups excluding tert-OH is 1. The zero-order valence-corrected chi connectivity index (χ0v) is 10.4. The van der Waals surface area contributed by atoms with Crippen molar-refractivity contribution in [3.63, 3.8) is 0 Å². The summed E-state index contributed by atoms with van der Waals surface area (Å²) < 4.78 is 15.4. The van der Waals surface area contributed by atoms with E-state index in [4.69, 9.17) is 31.8 Å². The van der Waals surface area contributed by atoms with Crippen LogP contribution in [0.2, 0.25) is 0 Å². The molecule has 1 rings (SSSR count). The van der Waals surface area contributed by atoms with E-state index in [1.165, 1.54) is 6.08 Å². The van der Waals surface area contributed by atoms with E-state index in [1.54, 1.807) is 7.11 Å². The van der Waals surface area contributed by atoms with Gasteiger partial charge in [-0.1, -0.05) is 0 Å². The van der Waals surface area contributed by atoms with Crippen LogP contribution in [-0.2, 0) is 14.2 Å². The predicted molar refractivity (Wildman–Crippen MR) is 62.5 cm³/mol. The maximum Gasteiger partial charge on any atom is 0.191 e. The van der Waals surface area contributed by atoms with Crippen molar-refractivity contribution in [1.82, 2.24) is 0 Å². The maximum atomic E-state index is 9.85. The minimum atomic E-state index is -2.15. The van der Waals surface area contributed by atoms with Crippen LogP contribution in [0, 0.1) is 0 Å². The first-order valence-electron chi connectivity index (χ1n) is 5.11. The Morgan fingerprint density at radius 1 is 1.41 bits per heavy atom. The van der Waals surface area contributed by atoms with Gasteiger partial charge in [0.1, 0.15) is 26.2 Å². The van der Waals surface area contributed by atoms with Crippen LogP contribution < -0.4 is 0 Å². The van der Waals surface area contributed by atoms with Crippen molar-refractivity contribution in [3.05, 3.63) is 11.9 Å². The van der Waals surface area contributed by atoms with E-state index in [1.807, 2.05) is 0 Å². The van der Waals surface area contributed by atoms with Gasteiger partial charge in [0.15, 0.2) is 8.38 Å². The molecule has 0 saturated carbocycles. The van der Waals surface area contributed by atoms with Gasteiger partial charge in [-0.15, -0.1) is 0 Å². The number of methoxy groups -OCH3 is 1. The van der Waals surface area contributed by atoms with Crippen molar-refractivity contribution in [2.45, 2.75) is 24.3 Å². The molecule has 0 bridgehead atoms. The summed E-state index contributed by atoms with van der Waals surface area (Å²) in [6, 6.07) is -0.750. The molecule has 0 aliphatic carbocycles. The van der Waals surface area contributed by atoms with Crippen molar-refractivity contribution in [1.29, 1.82) is 0 Å². The molecule has 17 heavy (non-hydrogen) atoms. The summed E-state index contributed by atoms with van der Waals surface area (Å²) in [6.07, 6.45) is -0.908. The number of ether oxygens (including phenoxy) is 3. The number of hydrogen-bond donors (Lipinski definition) is 3. The van der Waals surface area contributed by atoms with Crippen LogP contribution >= 0.6 is 8.38 Å². The molecule has 1 aliphatic heterocycles. The zero-order chi connectivity index (χ0) is 12.8. The second-order valence-electron chi connectivity index (χ2n) is 3.55. The predicted octanol–water partition coefficient (Wildman–Crippen LogP) is -0.918. The highest BCUT2D eigenvalue weighted by atomic mass is 31.2. The van der Waals surface area contributed by atoms with Gasteiger partial charge < -0.3 is 29.1 Å². The molecule has 96 valence electrons. The quantitative estimate of drug-likeness (QED) is 0.326. The molecular weight excluding hydrogens is 246 g/mol. The molecule has 0 aromatic heterocycles. The first-order chi connectivity index (χ1) is 8.06. The number of hydrogen-bond acceptors (Lipinski definition) is 6. The third-order valence-electron chi connectivity index (χ3n) is 2.32. The molecule has 6 nitrogen and oxygen atoms in total. The Balaban J connectivity index is 2.46. The fourth-order valence-electron chi connectivity index (χ4n) is 1.50. The normalized spacial score (nSPS) is 33.9. The summed E-state index contributed by atoms with van der Waals surface area (Å²) in [4.78, 5) is 17.4. The fraction of sp³-hybridized carbons (Fsp3) is 0.778. The Kier molecular flexibility index (Phi) is 6.58. The lowest BCUT2D eigenvalue weighted by atomic mass is 9.93. The van der Waals surface area contributed by atoms with Gasteiger partial charge in [0.2, 0.25) is 0 Å². The van der Waals surface area contributed by atoms with Gasteiger partial charge in [-0.05, 0) is 11.9 Å². The molecule has 4 atom stereocenters. The molecule has 0 aromatic carbocycles. The van der Waals surface area contributed by atoms with E-state index in [0.717, 1.165) is 5.82 Å². The molecule has 0 aromatic rings. The van der Waals surface area contributed by atoms with Gasteiger partial charge in [-0.2, -0.15) is 0 Å². The molecule has 8 heteroatoms. The molecule has 2 radical (unpaired) electrons. The van der Waals surface area contributed by atoms with Crippen LogP contribution in [0.25, 0.3) is 0 Å². The first-order valence-corrected chi connectivity index (χ1v) is 6.43. The van der Waals surface area contributed by atoms with Gasteiger partial charge in [0.05, 0.1) is 13.2 Å². The second-order valence-corrected chi connectivity index (χ2v) is 4.48. The van der Waals surface area contributed by atoms with E-state index >= 15 is 0 Å². The van der Waals surface area contributed by atoms with Gasteiger partial charge in [0.25, 0.3) is 0 Å². The summed E-state index contributed by atoms with van der Waals surface area (Å²) in [7, 11) is 5.04. The van der Waals surface area contributed by atoms with Gasteiger partial charge >= 0.3 is 0 Å². The highest BCUT2D eigenvalue weighted by Crippen LogP contribution is 2.28. The van der Waals surface area contributed by atoms with Crippen molar-refractivity contribution < 1.29 is 29.1 Å². The standard InChI is InChI=1S/C9H16BO6P/c1-14-3-4-15-8-7(11)6(16-9(8)10)2-5-17(12)13/h2,5-9,11-13H,3-4H2,1H3/b5-2+. The van der Waals surface area contributed by atoms with E-state index in [9.17, 15) is 5.11 Å². The van der Waals surface area contributed by atoms with Gasteiger partial charge in [0, 0.05) is 13.1 Å². The van der Waals surface area contributed by atoms with Crippen LogP contribution in [0.3, 0.4) is 0 Å². The smallest absolute Gasteiger partial charge is 0.191 e. The van der Waals surface area contributed by atoms with Crippen LogP contribution in [0.5, 0.6) is 0 Å². The summed E-state index contributed by atoms with van der Waals surface area (Å²) in [5, 5.41) is 9.85. The molecule has 0 spiro atoms. The van der Waals surface area contributed by atoms with Crippen LogP contribution in [-0.4, -0.2) is 67.4 Å². The Bertz CT molecular complexity index is 252. The van der Waals surface area contributed by atoms with E-state index in [2.05, 4.69) is 0 Å². The van der Waals surface area contributed by atoms with Crippen LogP contribution in [0.1, 0.15) is 0 Å².